The van der Waals surface area contributed by atoms with Gasteiger partial charge in [0.2, 0.25) is 0 Å². The van der Waals surface area contributed by atoms with Gasteiger partial charge in [0.15, 0.2) is 0 Å². The van der Waals surface area contributed by atoms with E-state index in [1.807, 2.05) is 31.2 Å². The number of benzene rings is 1. The van der Waals surface area contributed by atoms with Crippen LogP contribution in [0.2, 0.25) is 0 Å². The number of fused-ring (bicyclic) bond motifs is 1. The van der Waals surface area contributed by atoms with Crippen molar-refractivity contribution in [3.05, 3.63) is 29.8 Å². The first-order valence-corrected chi connectivity index (χ1v) is 5.14. The van der Waals surface area contributed by atoms with Gasteiger partial charge in [-0.3, -0.25) is 4.79 Å². The predicted molar refractivity (Wildman–Crippen MR) is 58.7 cm³/mol. The van der Waals surface area contributed by atoms with Crippen LogP contribution in [0.15, 0.2) is 24.3 Å². The highest BCUT2D eigenvalue weighted by Crippen LogP contribution is 2.28. The van der Waals surface area contributed by atoms with Crippen LogP contribution in [0.25, 0.3) is 0 Å². The normalized spacial score (nSPS) is 23.9. The molecule has 1 aromatic carbocycles. The highest BCUT2D eigenvalue weighted by molar-refractivity contribution is 5.76. The Balaban J connectivity index is 2.25. The first kappa shape index (κ1) is 10.0. The SMILES string of the molecule is COC(=O)[C@@H]1Cc2ccccc2N[C@@H]1C. The Morgan fingerprint density at radius 1 is 1.47 bits per heavy atom. The van der Waals surface area contributed by atoms with Crippen LogP contribution < -0.4 is 5.32 Å². The minimum atomic E-state index is -0.135. The molecule has 0 fully saturated rings. The molecule has 3 heteroatoms. The second-order valence-electron chi connectivity index (χ2n) is 3.92. The fourth-order valence-corrected chi connectivity index (χ4v) is 2.04. The number of carbonyl (C=O) groups excluding carboxylic acids is 1. The Bertz CT molecular complexity index is 376. The average Bonchev–Trinajstić information content (AvgIpc) is 2.27. The Morgan fingerprint density at radius 2 is 2.20 bits per heavy atom. The van der Waals surface area contributed by atoms with Gasteiger partial charge < -0.3 is 10.1 Å². The smallest absolute Gasteiger partial charge is 0.311 e. The minimum Gasteiger partial charge on any atom is -0.469 e. The van der Waals surface area contributed by atoms with Gasteiger partial charge in [-0.2, -0.15) is 0 Å². The van der Waals surface area contributed by atoms with Gasteiger partial charge in [-0.25, -0.2) is 0 Å². The van der Waals surface area contributed by atoms with E-state index in [0.29, 0.717) is 0 Å². The summed E-state index contributed by atoms with van der Waals surface area (Å²) >= 11 is 0. The summed E-state index contributed by atoms with van der Waals surface area (Å²) in [7, 11) is 1.44. The monoisotopic (exact) mass is 205 g/mol. The molecule has 0 spiro atoms. The number of rotatable bonds is 1. The van der Waals surface area contributed by atoms with Crippen molar-refractivity contribution < 1.29 is 9.53 Å². The first-order valence-electron chi connectivity index (χ1n) is 5.14. The lowest BCUT2D eigenvalue weighted by atomic mass is 9.88. The zero-order valence-electron chi connectivity index (χ0n) is 8.99. The topological polar surface area (TPSA) is 38.3 Å². The van der Waals surface area contributed by atoms with E-state index in [0.717, 1.165) is 12.1 Å². The van der Waals surface area contributed by atoms with Crippen LogP contribution in [0.5, 0.6) is 0 Å². The van der Waals surface area contributed by atoms with Crippen LogP contribution in [0, 0.1) is 5.92 Å². The van der Waals surface area contributed by atoms with Gasteiger partial charge in [-0.05, 0) is 25.0 Å². The number of anilines is 1. The van der Waals surface area contributed by atoms with Gasteiger partial charge in [-0.1, -0.05) is 18.2 Å². The molecule has 80 valence electrons. The number of methoxy groups -OCH3 is 1. The van der Waals surface area contributed by atoms with E-state index in [1.165, 1.54) is 12.7 Å². The molecule has 1 N–H and O–H groups in total. The third-order valence-electron chi connectivity index (χ3n) is 2.95. The average molecular weight is 205 g/mol. The van der Waals surface area contributed by atoms with Gasteiger partial charge in [0.25, 0.3) is 0 Å². The van der Waals surface area contributed by atoms with Crippen LogP contribution >= 0.6 is 0 Å². The van der Waals surface area contributed by atoms with Crippen LogP contribution in [-0.4, -0.2) is 19.1 Å². The molecule has 0 amide bonds. The molecule has 0 saturated carbocycles. The molecule has 0 radical (unpaired) electrons. The summed E-state index contributed by atoms with van der Waals surface area (Å²) in [6, 6.07) is 8.21. The van der Waals surface area contributed by atoms with E-state index in [1.54, 1.807) is 0 Å². The highest BCUT2D eigenvalue weighted by atomic mass is 16.5. The summed E-state index contributed by atoms with van der Waals surface area (Å²) < 4.78 is 4.80. The van der Waals surface area contributed by atoms with Crippen LogP contribution in [-0.2, 0) is 16.0 Å². The molecule has 0 bridgehead atoms. The summed E-state index contributed by atoms with van der Waals surface area (Å²) in [5.41, 5.74) is 2.32. The van der Waals surface area contributed by atoms with Gasteiger partial charge in [0.05, 0.1) is 13.0 Å². The van der Waals surface area contributed by atoms with E-state index in [-0.39, 0.29) is 17.9 Å². The molecule has 0 aliphatic carbocycles. The number of ether oxygens (including phenoxy) is 1. The van der Waals surface area contributed by atoms with E-state index in [4.69, 9.17) is 4.74 Å². The molecule has 1 aliphatic heterocycles. The van der Waals surface area contributed by atoms with Crippen LogP contribution in [0.4, 0.5) is 5.69 Å². The summed E-state index contributed by atoms with van der Waals surface area (Å²) in [4.78, 5) is 11.5. The number of hydrogen-bond donors (Lipinski definition) is 1. The van der Waals surface area contributed by atoms with Crippen molar-refractivity contribution in [2.24, 2.45) is 5.92 Å². The van der Waals surface area contributed by atoms with Crippen molar-refractivity contribution in [1.82, 2.24) is 0 Å². The number of para-hydroxylation sites is 1. The van der Waals surface area contributed by atoms with Crippen molar-refractivity contribution in [2.75, 3.05) is 12.4 Å². The summed E-state index contributed by atoms with van der Waals surface area (Å²) in [6.45, 7) is 2.01. The quantitative estimate of drug-likeness (QED) is 0.711. The van der Waals surface area contributed by atoms with E-state index >= 15 is 0 Å². The Labute approximate surface area is 89.4 Å². The summed E-state index contributed by atoms with van der Waals surface area (Å²) in [5, 5.41) is 3.32. The van der Waals surface area contributed by atoms with Crippen molar-refractivity contribution in [2.45, 2.75) is 19.4 Å². The van der Waals surface area contributed by atoms with Gasteiger partial charge in [-0.15, -0.1) is 0 Å². The maximum atomic E-state index is 11.5. The lowest BCUT2D eigenvalue weighted by Gasteiger charge is -2.30. The number of carbonyl (C=O) groups is 1. The molecule has 1 aromatic rings. The standard InChI is InChI=1S/C12H15NO2/c1-8-10(12(14)15-2)7-9-5-3-4-6-11(9)13-8/h3-6,8,10,13H,7H2,1-2H3/t8-,10-/m1/s1. The maximum Gasteiger partial charge on any atom is 0.311 e. The summed E-state index contributed by atoms with van der Waals surface area (Å²) in [6.07, 6.45) is 0.761. The molecular weight excluding hydrogens is 190 g/mol. The van der Waals surface area contributed by atoms with Crippen molar-refractivity contribution >= 4 is 11.7 Å². The molecule has 3 nitrogen and oxygen atoms in total. The Kier molecular flexibility index (Phi) is 2.62. The van der Waals surface area contributed by atoms with E-state index in [2.05, 4.69) is 5.32 Å². The first-order chi connectivity index (χ1) is 7.22. The highest BCUT2D eigenvalue weighted by Gasteiger charge is 2.30. The minimum absolute atomic E-state index is 0.0788. The Morgan fingerprint density at radius 3 is 2.93 bits per heavy atom. The molecule has 0 aromatic heterocycles. The van der Waals surface area contributed by atoms with Crippen molar-refractivity contribution in [1.29, 1.82) is 0 Å². The largest absolute Gasteiger partial charge is 0.469 e. The van der Waals surface area contributed by atoms with Crippen molar-refractivity contribution in [3.8, 4) is 0 Å². The molecular formula is C12H15NO2. The zero-order chi connectivity index (χ0) is 10.8. The van der Waals surface area contributed by atoms with Crippen molar-refractivity contribution in [3.63, 3.8) is 0 Å². The van der Waals surface area contributed by atoms with E-state index < -0.39 is 0 Å². The lowest BCUT2D eigenvalue weighted by molar-refractivity contribution is -0.145. The lowest BCUT2D eigenvalue weighted by Crippen LogP contribution is -2.38. The zero-order valence-corrected chi connectivity index (χ0v) is 8.99. The third-order valence-corrected chi connectivity index (χ3v) is 2.95. The molecule has 2 atom stereocenters. The van der Waals surface area contributed by atoms with Gasteiger partial charge >= 0.3 is 5.97 Å². The van der Waals surface area contributed by atoms with Gasteiger partial charge in [0, 0.05) is 11.7 Å². The van der Waals surface area contributed by atoms with Crippen LogP contribution in [0.3, 0.4) is 0 Å². The van der Waals surface area contributed by atoms with E-state index in [9.17, 15) is 4.79 Å². The molecule has 1 aliphatic rings. The molecule has 2 rings (SSSR count). The molecule has 1 heterocycles. The molecule has 15 heavy (non-hydrogen) atoms. The predicted octanol–water partition coefficient (Wildman–Crippen LogP) is 1.83. The van der Waals surface area contributed by atoms with Crippen LogP contribution in [0.1, 0.15) is 12.5 Å². The molecule has 0 saturated heterocycles. The number of nitrogens with one attached hydrogen (secondary N) is 1. The second-order valence-corrected chi connectivity index (χ2v) is 3.92. The fourth-order valence-electron chi connectivity index (χ4n) is 2.04. The fraction of sp³-hybridized carbons (Fsp3) is 0.417. The number of esters is 1. The van der Waals surface area contributed by atoms with Gasteiger partial charge in [0.1, 0.15) is 0 Å². The number of hydrogen-bond acceptors (Lipinski definition) is 3. The third kappa shape index (κ3) is 1.82. The Hall–Kier alpha value is -1.51. The summed E-state index contributed by atoms with van der Waals surface area (Å²) in [5.74, 6) is -0.214. The maximum absolute atomic E-state index is 11.5. The molecule has 0 unspecified atom stereocenters. The second kappa shape index (κ2) is 3.93.